The van der Waals surface area contributed by atoms with E-state index in [-0.39, 0.29) is 17.9 Å². The summed E-state index contributed by atoms with van der Waals surface area (Å²) in [4.78, 5) is 38.0. The van der Waals surface area contributed by atoms with Crippen LogP contribution in [0.15, 0.2) is 0 Å². The molecule has 0 unspecified atom stereocenters. The molecule has 116 valence electrons. The van der Waals surface area contributed by atoms with E-state index in [9.17, 15) is 14.4 Å². The van der Waals surface area contributed by atoms with E-state index in [1.54, 1.807) is 33.8 Å². The zero-order chi connectivity index (χ0) is 16.2. The largest absolute Gasteiger partial charge is 0.352 e. The Bertz CT molecular complexity index is 465. The zero-order valence-corrected chi connectivity index (χ0v) is 13.0. The molecular formula is C15H23N3O3. The fourth-order valence-corrected chi connectivity index (χ4v) is 2.47. The minimum Gasteiger partial charge on any atom is -0.352 e. The van der Waals surface area contributed by atoms with E-state index in [0.717, 1.165) is 6.42 Å². The number of amides is 2. The summed E-state index contributed by atoms with van der Waals surface area (Å²) in [5, 5.41) is 11.7. The maximum atomic E-state index is 12.5. The molecule has 1 N–H and O–H groups in total. The Morgan fingerprint density at radius 1 is 1.24 bits per heavy atom. The summed E-state index contributed by atoms with van der Waals surface area (Å²) in [5.41, 5.74) is 0. The van der Waals surface area contributed by atoms with Gasteiger partial charge in [-0.25, -0.2) is 0 Å². The van der Waals surface area contributed by atoms with Gasteiger partial charge >= 0.3 is 0 Å². The van der Waals surface area contributed by atoms with Crippen LogP contribution >= 0.6 is 0 Å². The Labute approximate surface area is 125 Å². The molecule has 2 amide bonds. The summed E-state index contributed by atoms with van der Waals surface area (Å²) in [7, 11) is 0. The second-order valence-corrected chi connectivity index (χ2v) is 5.97. The Hall–Kier alpha value is -1.90. The fraction of sp³-hybridized carbons (Fsp3) is 0.733. The van der Waals surface area contributed by atoms with Crippen LogP contribution < -0.4 is 5.32 Å². The second kappa shape index (κ2) is 7.21. The number of ketones is 1. The molecule has 0 saturated carbocycles. The van der Waals surface area contributed by atoms with Crippen molar-refractivity contribution in [2.75, 3.05) is 6.54 Å². The van der Waals surface area contributed by atoms with Crippen LogP contribution in [-0.2, 0) is 14.4 Å². The Balaban J connectivity index is 2.87. The average molecular weight is 293 g/mol. The van der Waals surface area contributed by atoms with Gasteiger partial charge in [-0.1, -0.05) is 13.8 Å². The minimum absolute atomic E-state index is 0.105. The van der Waals surface area contributed by atoms with Gasteiger partial charge in [0, 0.05) is 18.5 Å². The van der Waals surface area contributed by atoms with Crippen molar-refractivity contribution in [3.05, 3.63) is 0 Å². The van der Waals surface area contributed by atoms with Gasteiger partial charge in [-0.15, -0.1) is 0 Å². The van der Waals surface area contributed by atoms with Crippen LogP contribution in [0.2, 0.25) is 0 Å². The normalized spacial score (nSPS) is 19.5. The molecule has 0 spiro atoms. The molecule has 0 aromatic rings. The predicted octanol–water partition coefficient (Wildman–Crippen LogP) is 0.867. The third kappa shape index (κ3) is 4.03. The van der Waals surface area contributed by atoms with Gasteiger partial charge in [-0.3, -0.25) is 14.4 Å². The maximum absolute atomic E-state index is 12.5. The molecule has 0 aliphatic carbocycles. The van der Waals surface area contributed by atoms with E-state index < -0.39 is 23.7 Å². The van der Waals surface area contributed by atoms with Gasteiger partial charge in [0.05, 0.1) is 12.1 Å². The number of Topliss-reactive ketones (excluding diaryl/α,β-unsaturated/α-hetero) is 1. The van der Waals surface area contributed by atoms with Crippen molar-refractivity contribution in [2.24, 2.45) is 11.8 Å². The van der Waals surface area contributed by atoms with E-state index in [2.05, 4.69) is 5.32 Å². The first-order chi connectivity index (χ1) is 9.79. The minimum atomic E-state index is -1.35. The van der Waals surface area contributed by atoms with Crippen LogP contribution in [0.3, 0.4) is 0 Å². The van der Waals surface area contributed by atoms with Gasteiger partial charge in [0.15, 0.2) is 11.7 Å². The lowest BCUT2D eigenvalue weighted by Crippen LogP contribution is -2.48. The maximum Gasteiger partial charge on any atom is 0.245 e. The van der Waals surface area contributed by atoms with Crippen LogP contribution in [0.25, 0.3) is 0 Å². The third-order valence-corrected chi connectivity index (χ3v) is 3.46. The molecule has 1 heterocycles. The number of rotatable bonds is 5. The molecular weight excluding hydrogens is 270 g/mol. The van der Waals surface area contributed by atoms with Crippen molar-refractivity contribution in [2.45, 2.75) is 52.6 Å². The first-order valence-electron chi connectivity index (χ1n) is 7.33. The average Bonchev–Trinajstić information content (AvgIpc) is 2.86. The lowest BCUT2D eigenvalue weighted by molar-refractivity contribution is -0.143. The van der Waals surface area contributed by atoms with Crippen molar-refractivity contribution in [3.8, 4) is 6.07 Å². The third-order valence-electron chi connectivity index (χ3n) is 3.46. The van der Waals surface area contributed by atoms with Crippen LogP contribution in [0.5, 0.6) is 0 Å². The SMILES string of the molecule is CC(C)NC(=O)[C@@H](C#N)C(=O)[C@@H]1CCCN1C(=O)C(C)C. The summed E-state index contributed by atoms with van der Waals surface area (Å²) < 4.78 is 0. The van der Waals surface area contributed by atoms with Crippen molar-refractivity contribution in [1.29, 1.82) is 5.26 Å². The van der Waals surface area contributed by atoms with Gasteiger partial charge in [-0.2, -0.15) is 5.26 Å². The first-order valence-corrected chi connectivity index (χ1v) is 7.33. The van der Waals surface area contributed by atoms with E-state index in [0.29, 0.717) is 13.0 Å². The predicted molar refractivity (Wildman–Crippen MR) is 77.0 cm³/mol. The Morgan fingerprint density at radius 3 is 2.33 bits per heavy atom. The van der Waals surface area contributed by atoms with Gasteiger partial charge in [0.2, 0.25) is 11.8 Å². The van der Waals surface area contributed by atoms with E-state index in [4.69, 9.17) is 5.26 Å². The van der Waals surface area contributed by atoms with Crippen molar-refractivity contribution in [1.82, 2.24) is 10.2 Å². The molecule has 0 aromatic carbocycles. The number of nitriles is 1. The number of nitrogens with zero attached hydrogens (tertiary/aromatic N) is 2. The van der Waals surface area contributed by atoms with Gasteiger partial charge in [0.25, 0.3) is 0 Å². The zero-order valence-electron chi connectivity index (χ0n) is 13.0. The van der Waals surface area contributed by atoms with Gasteiger partial charge in [0.1, 0.15) is 0 Å². The molecule has 0 aromatic heterocycles. The smallest absolute Gasteiger partial charge is 0.245 e. The number of hydrogen-bond donors (Lipinski definition) is 1. The summed E-state index contributed by atoms with van der Waals surface area (Å²) in [5.74, 6) is -2.71. The highest BCUT2D eigenvalue weighted by Gasteiger charge is 2.40. The standard InChI is InChI=1S/C15H23N3O3/c1-9(2)15(21)18-7-5-6-12(18)13(19)11(8-16)14(20)17-10(3)4/h9-12H,5-7H2,1-4H3,(H,17,20)/t11-,12-/m0/s1. The van der Waals surface area contributed by atoms with Gasteiger partial charge < -0.3 is 10.2 Å². The summed E-state index contributed by atoms with van der Waals surface area (Å²) in [6.45, 7) is 7.59. The summed E-state index contributed by atoms with van der Waals surface area (Å²) >= 11 is 0. The number of likely N-dealkylation sites (tertiary alicyclic amines) is 1. The molecule has 6 nitrogen and oxygen atoms in total. The monoisotopic (exact) mass is 293 g/mol. The molecule has 1 saturated heterocycles. The van der Waals surface area contributed by atoms with E-state index >= 15 is 0 Å². The fourth-order valence-electron chi connectivity index (χ4n) is 2.47. The number of hydrogen-bond acceptors (Lipinski definition) is 4. The number of carbonyl (C=O) groups is 3. The molecule has 0 bridgehead atoms. The highest BCUT2D eigenvalue weighted by atomic mass is 16.2. The Kier molecular flexibility index (Phi) is 5.89. The summed E-state index contributed by atoms with van der Waals surface area (Å²) in [6.07, 6.45) is 1.24. The van der Waals surface area contributed by atoms with E-state index in [1.807, 2.05) is 0 Å². The van der Waals surface area contributed by atoms with Gasteiger partial charge in [-0.05, 0) is 26.7 Å². The Morgan fingerprint density at radius 2 is 1.86 bits per heavy atom. The molecule has 6 heteroatoms. The van der Waals surface area contributed by atoms with Crippen molar-refractivity contribution >= 4 is 17.6 Å². The van der Waals surface area contributed by atoms with Crippen LogP contribution in [0.4, 0.5) is 0 Å². The molecule has 1 aliphatic rings. The van der Waals surface area contributed by atoms with Crippen LogP contribution in [-0.4, -0.2) is 41.1 Å². The van der Waals surface area contributed by atoms with Crippen molar-refractivity contribution in [3.63, 3.8) is 0 Å². The molecule has 1 fully saturated rings. The topological polar surface area (TPSA) is 90.3 Å². The lowest BCUT2D eigenvalue weighted by atomic mass is 9.96. The molecule has 2 atom stereocenters. The van der Waals surface area contributed by atoms with Crippen LogP contribution in [0, 0.1) is 23.2 Å². The summed E-state index contributed by atoms with van der Waals surface area (Å²) in [6, 6.07) is 0.982. The van der Waals surface area contributed by atoms with E-state index in [1.165, 1.54) is 4.90 Å². The highest BCUT2D eigenvalue weighted by Crippen LogP contribution is 2.23. The lowest BCUT2D eigenvalue weighted by Gasteiger charge is -2.26. The molecule has 21 heavy (non-hydrogen) atoms. The number of nitrogens with one attached hydrogen (secondary N) is 1. The first kappa shape index (κ1) is 17.2. The molecule has 1 rings (SSSR count). The highest BCUT2D eigenvalue weighted by molar-refractivity contribution is 6.07. The molecule has 0 radical (unpaired) electrons. The van der Waals surface area contributed by atoms with Crippen LogP contribution in [0.1, 0.15) is 40.5 Å². The van der Waals surface area contributed by atoms with Crippen molar-refractivity contribution < 1.29 is 14.4 Å². The molecule has 1 aliphatic heterocycles. The number of carbonyl (C=O) groups excluding carboxylic acids is 3. The second-order valence-electron chi connectivity index (χ2n) is 5.97. The quantitative estimate of drug-likeness (QED) is 0.761.